The minimum atomic E-state index is -1.66. The van der Waals surface area contributed by atoms with Gasteiger partial charge in [0.25, 0.3) is 0 Å². The van der Waals surface area contributed by atoms with Crippen molar-refractivity contribution in [3.63, 3.8) is 0 Å². The first kappa shape index (κ1) is 20.8. The molecule has 0 aliphatic carbocycles. The number of carbonyl (C=O) groups excluding carboxylic acids is 2. The molecular formula is C20H19NO5. The van der Waals surface area contributed by atoms with Crippen molar-refractivity contribution in [3.8, 4) is 6.07 Å². The third-order valence-corrected chi connectivity index (χ3v) is 3.33. The highest BCUT2D eigenvalue weighted by Crippen LogP contribution is 2.28. The van der Waals surface area contributed by atoms with Crippen molar-refractivity contribution in [3.05, 3.63) is 78.4 Å². The van der Waals surface area contributed by atoms with Gasteiger partial charge in [-0.05, 0) is 11.1 Å². The molecule has 1 unspecified atom stereocenters. The molecule has 0 aliphatic heterocycles. The molecule has 0 saturated heterocycles. The van der Waals surface area contributed by atoms with Crippen LogP contribution < -0.4 is 0 Å². The van der Waals surface area contributed by atoms with Crippen LogP contribution in [-0.2, 0) is 14.3 Å². The summed E-state index contributed by atoms with van der Waals surface area (Å²) in [5, 5.41) is 27.7. The first-order chi connectivity index (χ1) is 12.5. The summed E-state index contributed by atoms with van der Waals surface area (Å²) in [6.07, 6.45) is 2.89. The SMILES string of the molecule is C=C/C=C(C=C)/C(=C(\C#N)C(=O)OCC(O)C(=O)CO)c1ccccc1. The average Bonchev–Trinajstić information content (AvgIpc) is 2.68. The lowest BCUT2D eigenvalue weighted by atomic mass is 9.92. The lowest BCUT2D eigenvalue weighted by molar-refractivity contribution is -0.145. The van der Waals surface area contributed by atoms with E-state index >= 15 is 0 Å². The third-order valence-electron chi connectivity index (χ3n) is 3.33. The normalized spacial score (nSPS) is 13.0. The van der Waals surface area contributed by atoms with Crippen LogP contribution in [-0.4, -0.2) is 41.3 Å². The Labute approximate surface area is 151 Å². The standard InChI is InChI=1S/C20H19NO5/c1-3-8-14(4-2)19(15-9-6-5-7-10-15)16(11-21)20(25)26-13-18(24)17(23)12-22/h3-10,18,22,24H,1-2,12-13H2/b14-8+,19-16-. The van der Waals surface area contributed by atoms with Crippen LogP contribution in [0.25, 0.3) is 5.57 Å². The maximum absolute atomic E-state index is 12.4. The van der Waals surface area contributed by atoms with Gasteiger partial charge in [-0.15, -0.1) is 0 Å². The number of allylic oxidation sites excluding steroid dienone is 5. The molecule has 6 heteroatoms. The fraction of sp³-hybridized carbons (Fsp3) is 0.150. The Morgan fingerprint density at radius 1 is 1.27 bits per heavy atom. The number of benzene rings is 1. The van der Waals surface area contributed by atoms with Gasteiger partial charge in [-0.25, -0.2) is 4.79 Å². The van der Waals surface area contributed by atoms with E-state index in [1.165, 1.54) is 12.2 Å². The Bertz CT molecular complexity index is 784. The van der Waals surface area contributed by atoms with Crippen molar-refractivity contribution >= 4 is 17.3 Å². The van der Waals surface area contributed by atoms with E-state index in [0.717, 1.165) is 0 Å². The van der Waals surface area contributed by atoms with E-state index in [9.17, 15) is 20.0 Å². The topological polar surface area (TPSA) is 108 Å². The molecule has 0 spiro atoms. The summed E-state index contributed by atoms with van der Waals surface area (Å²) in [4.78, 5) is 23.5. The summed E-state index contributed by atoms with van der Waals surface area (Å²) in [6, 6.07) is 10.5. The quantitative estimate of drug-likeness (QED) is 0.303. The first-order valence-electron chi connectivity index (χ1n) is 7.64. The highest BCUT2D eigenvalue weighted by Gasteiger charge is 2.22. The number of carbonyl (C=O) groups is 2. The van der Waals surface area contributed by atoms with Gasteiger partial charge in [-0.2, -0.15) is 5.26 Å². The van der Waals surface area contributed by atoms with Crippen molar-refractivity contribution in [2.45, 2.75) is 6.10 Å². The first-order valence-corrected chi connectivity index (χ1v) is 7.64. The Balaban J connectivity index is 3.34. The van der Waals surface area contributed by atoms with Gasteiger partial charge in [0.2, 0.25) is 0 Å². The number of nitriles is 1. The van der Waals surface area contributed by atoms with Crippen molar-refractivity contribution in [1.82, 2.24) is 0 Å². The van der Waals surface area contributed by atoms with E-state index in [-0.39, 0.29) is 11.1 Å². The van der Waals surface area contributed by atoms with E-state index < -0.39 is 31.1 Å². The van der Waals surface area contributed by atoms with Crippen molar-refractivity contribution < 1.29 is 24.5 Å². The zero-order chi connectivity index (χ0) is 19.5. The Hall–Kier alpha value is -3.27. The number of Topliss-reactive ketones (excluding diaryl/α,β-unsaturated/α-hetero) is 1. The fourth-order valence-corrected chi connectivity index (χ4v) is 2.07. The molecule has 0 saturated carbocycles. The molecule has 2 N–H and O–H groups in total. The molecule has 0 aliphatic rings. The van der Waals surface area contributed by atoms with Gasteiger partial charge < -0.3 is 14.9 Å². The van der Waals surface area contributed by atoms with Gasteiger partial charge in [0, 0.05) is 5.57 Å². The summed E-state index contributed by atoms with van der Waals surface area (Å²) >= 11 is 0. The van der Waals surface area contributed by atoms with Crippen LogP contribution in [0.1, 0.15) is 5.56 Å². The summed E-state index contributed by atoms with van der Waals surface area (Å²) in [5.41, 5.74) is 1.04. The van der Waals surface area contributed by atoms with Crippen LogP contribution in [0.2, 0.25) is 0 Å². The van der Waals surface area contributed by atoms with Crippen LogP contribution in [0.5, 0.6) is 0 Å². The van der Waals surface area contributed by atoms with E-state index in [2.05, 4.69) is 13.2 Å². The lowest BCUT2D eigenvalue weighted by Crippen LogP contribution is -2.30. The largest absolute Gasteiger partial charge is 0.458 e. The fourth-order valence-electron chi connectivity index (χ4n) is 2.07. The molecule has 0 heterocycles. The molecule has 26 heavy (non-hydrogen) atoms. The number of aliphatic hydroxyl groups is 2. The Morgan fingerprint density at radius 3 is 2.42 bits per heavy atom. The van der Waals surface area contributed by atoms with Gasteiger partial charge in [-0.3, -0.25) is 4.79 Å². The summed E-state index contributed by atoms with van der Waals surface area (Å²) < 4.78 is 4.87. The van der Waals surface area contributed by atoms with E-state index in [4.69, 9.17) is 9.84 Å². The molecule has 0 radical (unpaired) electrons. The van der Waals surface area contributed by atoms with Gasteiger partial charge in [0.05, 0.1) is 0 Å². The molecule has 1 aromatic carbocycles. The smallest absolute Gasteiger partial charge is 0.349 e. The predicted octanol–water partition coefficient (Wildman–Crippen LogP) is 1.73. The van der Waals surface area contributed by atoms with Gasteiger partial charge in [0.15, 0.2) is 5.78 Å². The third kappa shape index (κ3) is 5.38. The molecule has 134 valence electrons. The van der Waals surface area contributed by atoms with Crippen LogP contribution in [0, 0.1) is 11.3 Å². The monoisotopic (exact) mass is 353 g/mol. The van der Waals surface area contributed by atoms with Gasteiger partial charge in [-0.1, -0.05) is 61.7 Å². The minimum Gasteiger partial charge on any atom is -0.458 e. The molecule has 0 bridgehead atoms. The molecule has 1 rings (SSSR count). The van der Waals surface area contributed by atoms with E-state index in [1.54, 1.807) is 42.5 Å². The number of aliphatic hydroxyl groups excluding tert-OH is 2. The van der Waals surface area contributed by atoms with Crippen LogP contribution in [0.4, 0.5) is 0 Å². The minimum absolute atomic E-state index is 0.288. The highest BCUT2D eigenvalue weighted by atomic mass is 16.5. The van der Waals surface area contributed by atoms with Crippen LogP contribution >= 0.6 is 0 Å². The second kappa shape index (κ2) is 10.6. The van der Waals surface area contributed by atoms with E-state index in [0.29, 0.717) is 11.1 Å². The summed E-state index contributed by atoms with van der Waals surface area (Å²) in [5.74, 6) is -1.89. The average molecular weight is 353 g/mol. The van der Waals surface area contributed by atoms with Crippen LogP contribution in [0.15, 0.2) is 72.9 Å². The number of nitrogens with zero attached hydrogens (tertiary/aromatic N) is 1. The van der Waals surface area contributed by atoms with Crippen molar-refractivity contribution in [1.29, 1.82) is 5.26 Å². The summed E-state index contributed by atoms with van der Waals surface area (Å²) in [7, 11) is 0. The maximum atomic E-state index is 12.4. The number of ketones is 1. The van der Waals surface area contributed by atoms with Gasteiger partial charge in [0.1, 0.15) is 31.0 Å². The molecule has 1 aromatic rings. The summed E-state index contributed by atoms with van der Waals surface area (Å²) in [6.45, 7) is 5.75. The molecular weight excluding hydrogens is 334 g/mol. The molecule has 6 nitrogen and oxygen atoms in total. The number of hydrogen-bond donors (Lipinski definition) is 2. The molecule has 0 amide bonds. The number of esters is 1. The van der Waals surface area contributed by atoms with Crippen molar-refractivity contribution in [2.24, 2.45) is 0 Å². The van der Waals surface area contributed by atoms with Gasteiger partial charge >= 0.3 is 5.97 Å². The van der Waals surface area contributed by atoms with Crippen molar-refractivity contribution in [2.75, 3.05) is 13.2 Å². The molecule has 0 aromatic heterocycles. The second-order valence-electron chi connectivity index (χ2n) is 5.03. The molecule has 0 fully saturated rings. The predicted molar refractivity (Wildman–Crippen MR) is 96.5 cm³/mol. The highest BCUT2D eigenvalue weighted by molar-refractivity contribution is 6.06. The number of ether oxygens (including phenoxy) is 1. The Kier molecular flexibility index (Phi) is 8.44. The zero-order valence-corrected chi connectivity index (χ0v) is 14.1. The number of rotatable bonds is 9. The lowest BCUT2D eigenvalue weighted by Gasteiger charge is -2.13. The Morgan fingerprint density at radius 2 is 1.92 bits per heavy atom. The number of hydrogen-bond acceptors (Lipinski definition) is 6. The van der Waals surface area contributed by atoms with Crippen LogP contribution in [0.3, 0.4) is 0 Å². The second-order valence-corrected chi connectivity index (χ2v) is 5.03. The maximum Gasteiger partial charge on any atom is 0.349 e. The zero-order valence-electron chi connectivity index (χ0n) is 14.1. The van der Waals surface area contributed by atoms with E-state index in [1.807, 2.05) is 0 Å². The molecule has 1 atom stereocenters.